The Labute approximate surface area is 399 Å². The summed E-state index contributed by atoms with van der Waals surface area (Å²) in [6, 6.07) is 48.4. The normalized spacial score (nSPS) is 13.4. The van der Waals surface area contributed by atoms with E-state index in [4.69, 9.17) is 9.72 Å². The number of anilines is 4. The Kier molecular flexibility index (Phi) is 11.7. The molecule has 0 fully saturated rings. The smallest absolute Gasteiger partial charge is 0.135 e. The number of pyridine rings is 1. The third-order valence-corrected chi connectivity index (χ3v) is 12.4. The molecule has 0 amide bonds. The molecule has 65 heavy (non-hydrogen) atoms. The van der Waals surface area contributed by atoms with Gasteiger partial charge >= 0.3 is 0 Å². The molecule has 6 aromatic carbocycles. The fourth-order valence-corrected chi connectivity index (χ4v) is 8.56. The van der Waals surface area contributed by atoms with E-state index >= 15 is 0 Å². The van der Waals surface area contributed by atoms with Gasteiger partial charge in [0.05, 0.1) is 0 Å². The summed E-state index contributed by atoms with van der Waals surface area (Å²) in [6.45, 7) is 29.1. The summed E-state index contributed by atoms with van der Waals surface area (Å²) in [5, 5.41) is 2.23. The number of halogens is 1. The number of rotatable bonds is 6. The molecule has 0 spiro atoms. The zero-order valence-electron chi connectivity index (χ0n) is 39.6. The molecule has 336 valence electrons. The summed E-state index contributed by atoms with van der Waals surface area (Å²) in [5.41, 5.74) is 12.2. The van der Waals surface area contributed by atoms with Crippen molar-refractivity contribution in [1.82, 2.24) is 9.55 Å². The Morgan fingerprint density at radius 3 is 1.89 bits per heavy atom. The third kappa shape index (κ3) is 8.87. The average Bonchev–Trinajstić information content (AvgIpc) is 3.78. The van der Waals surface area contributed by atoms with Crippen LogP contribution in [0.2, 0.25) is 0 Å². The van der Waals surface area contributed by atoms with Crippen LogP contribution in [-0.4, -0.2) is 9.55 Å². The number of aromatic nitrogens is 2. The van der Waals surface area contributed by atoms with Gasteiger partial charge < -0.3 is 19.1 Å². The van der Waals surface area contributed by atoms with Gasteiger partial charge in [0, 0.05) is 66.9 Å². The largest absolute Gasteiger partial charge is 0.509 e. The van der Waals surface area contributed by atoms with E-state index in [1.54, 1.807) is 12.1 Å². The molecule has 0 aliphatic carbocycles. The molecule has 0 N–H and O–H groups in total. The van der Waals surface area contributed by atoms with Crippen LogP contribution in [-0.2, 0) is 42.7 Å². The Bertz CT molecular complexity index is 3050. The van der Waals surface area contributed by atoms with Crippen molar-refractivity contribution in [3.8, 4) is 28.4 Å². The van der Waals surface area contributed by atoms with Crippen molar-refractivity contribution in [2.45, 2.75) is 105 Å². The number of para-hydroxylation sites is 1. The van der Waals surface area contributed by atoms with E-state index in [-0.39, 0.29) is 48.5 Å². The van der Waals surface area contributed by atoms with Crippen LogP contribution in [0.15, 0.2) is 128 Å². The first-order valence-electron chi connectivity index (χ1n) is 22.3. The van der Waals surface area contributed by atoms with Crippen molar-refractivity contribution in [2.75, 3.05) is 9.80 Å². The second kappa shape index (κ2) is 16.6. The number of hydrogen-bond acceptors (Lipinski definition) is 4. The first-order valence-corrected chi connectivity index (χ1v) is 22.3. The van der Waals surface area contributed by atoms with E-state index in [0.717, 1.165) is 61.5 Å². The molecule has 3 heterocycles. The van der Waals surface area contributed by atoms with E-state index < -0.39 is 0 Å². The van der Waals surface area contributed by atoms with Gasteiger partial charge in [-0.3, -0.25) is 0 Å². The van der Waals surface area contributed by atoms with Gasteiger partial charge in [-0.15, -0.1) is 48.1 Å². The molecule has 0 radical (unpaired) electrons. The first-order chi connectivity index (χ1) is 30.1. The molecular formula is C58H58FN4OPt-3. The molecule has 0 bridgehead atoms. The van der Waals surface area contributed by atoms with Gasteiger partial charge in [0.15, 0.2) is 0 Å². The van der Waals surface area contributed by atoms with Gasteiger partial charge in [0.2, 0.25) is 0 Å². The fraction of sp³-hybridized carbons (Fsp3) is 0.276. The SMILES string of the molecule is CC(C)(C)c1cc(N2[CH-]N(c3[c-]c(Oc4[c-]c5c(cc4)c4cc(C(C)(C)C)ccc4n5-c4cc(C(C)(C)C)ccn4)ccc3)c3cccc(-c4cccc(F)c4)c32)cc(C(C)(C)C)c1.[Pt]. The number of benzene rings is 6. The van der Waals surface area contributed by atoms with Gasteiger partial charge in [-0.2, -0.15) is 12.1 Å². The number of ether oxygens (including phenoxy) is 1. The Morgan fingerprint density at radius 1 is 0.569 bits per heavy atom. The maximum Gasteiger partial charge on any atom is 0.135 e. The Morgan fingerprint density at radius 2 is 1.22 bits per heavy atom. The van der Waals surface area contributed by atoms with Crippen molar-refractivity contribution in [1.29, 1.82) is 0 Å². The molecule has 0 atom stereocenters. The molecule has 1 aliphatic heterocycles. The Hall–Kier alpha value is -5.71. The van der Waals surface area contributed by atoms with E-state index in [0.29, 0.717) is 11.5 Å². The molecule has 0 unspecified atom stereocenters. The van der Waals surface area contributed by atoms with Crippen LogP contribution in [0.3, 0.4) is 0 Å². The quantitative estimate of drug-likeness (QED) is 0.155. The van der Waals surface area contributed by atoms with Crippen molar-refractivity contribution >= 4 is 44.6 Å². The predicted octanol–water partition coefficient (Wildman–Crippen LogP) is 16.0. The zero-order valence-corrected chi connectivity index (χ0v) is 41.9. The summed E-state index contributed by atoms with van der Waals surface area (Å²) in [7, 11) is 0. The van der Waals surface area contributed by atoms with E-state index in [1.807, 2.05) is 42.6 Å². The third-order valence-electron chi connectivity index (χ3n) is 12.4. The maximum atomic E-state index is 14.9. The van der Waals surface area contributed by atoms with Crippen LogP contribution in [0.4, 0.5) is 27.1 Å². The minimum absolute atomic E-state index is 0. The van der Waals surface area contributed by atoms with Gasteiger partial charge in [-0.25, -0.2) is 9.37 Å². The van der Waals surface area contributed by atoms with Crippen LogP contribution in [0.1, 0.15) is 105 Å². The second-order valence-electron chi connectivity index (χ2n) is 21.4. The predicted molar refractivity (Wildman–Crippen MR) is 264 cm³/mol. The van der Waals surface area contributed by atoms with Crippen molar-refractivity contribution in [3.05, 3.63) is 174 Å². The van der Waals surface area contributed by atoms with Crippen molar-refractivity contribution < 1.29 is 30.2 Å². The molecule has 2 aromatic heterocycles. The van der Waals surface area contributed by atoms with Crippen molar-refractivity contribution in [2.24, 2.45) is 0 Å². The summed E-state index contributed by atoms with van der Waals surface area (Å²) in [6.07, 6.45) is 1.90. The topological polar surface area (TPSA) is 33.5 Å². The van der Waals surface area contributed by atoms with Crippen LogP contribution in [0, 0.1) is 24.6 Å². The number of hydrogen-bond donors (Lipinski definition) is 0. The van der Waals surface area contributed by atoms with E-state index in [9.17, 15) is 4.39 Å². The molecule has 7 heteroatoms. The number of nitrogens with zero attached hydrogens (tertiary/aromatic N) is 4. The van der Waals surface area contributed by atoms with Gasteiger partial charge in [-0.1, -0.05) is 131 Å². The van der Waals surface area contributed by atoms with Gasteiger partial charge in [0.25, 0.3) is 0 Å². The molecule has 1 aliphatic rings. The first kappa shape index (κ1) is 45.8. The van der Waals surface area contributed by atoms with Crippen molar-refractivity contribution in [3.63, 3.8) is 0 Å². The van der Waals surface area contributed by atoms with Gasteiger partial charge in [0.1, 0.15) is 11.6 Å². The molecule has 0 saturated carbocycles. The summed E-state index contributed by atoms with van der Waals surface area (Å²) >= 11 is 0. The molecule has 8 aromatic rings. The standard InChI is InChI=1S/C58H58FN4O.Pt/c1-55(2,3)38-22-25-50-49(32-38)48-24-23-46(35-52(48)63(50)53-33-39(26-27-60-53)56(4,5)6)64-45-19-14-18-43(34-45)61-36-62(44-30-40(57(7,8)9)29-41(31-44)58(10,11)12)54-47(20-15-21-51(54)61)37-16-13-17-42(59)28-37;/h13-33,36H,1-12H3;/q-3;. The van der Waals surface area contributed by atoms with Crippen LogP contribution in [0.25, 0.3) is 38.8 Å². The minimum Gasteiger partial charge on any atom is -0.509 e. The van der Waals surface area contributed by atoms with Gasteiger partial charge in [-0.05, 0) is 103 Å². The molecule has 5 nitrogen and oxygen atoms in total. The zero-order chi connectivity index (χ0) is 45.5. The van der Waals surface area contributed by atoms with Crippen LogP contribution in [0.5, 0.6) is 11.5 Å². The monoisotopic (exact) mass is 1040 g/mol. The summed E-state index contributed by atoms with van der Waals surface area (Å²) < 4.78 is 23.8. The van der Waals surface area contributed by atoms with Crippen LogP contribution < -0.4 is 14.5 Å². The average molecular weight is 1040 g/mol. The molecule has 0 saturated heterocycles. The van der Waals surface area contributed by atoms with E-state index in [2.05, 4.69) is 183 Å². The maximum absolute atomic E-state index is 14.9. The molecular weight excluding hydrogens is 983 g/mol. The minimum atomic E-state index is -0.275. The summed E-state index contributed by atoms with van der Waals surface area (Å²) in [5.74, 6) is 1.69. The molecule has 9 rings (SSSR count). The number of fused-ring (bicyclic) bond motifs is 4. The summed E-state index contributed by atoms with van der Waals surface area (Å²) in [4.78, 5) is 9.31. The second-order valence-corrected chi connectivity index (χ2v) is 21.4. The van der Waals surface area contributed by atoms with Crippen LogP contribution >= 0.6 is 0 Å². The van der Waals surface area contributed by atoms with E-state index in [1.165, 1.54) is 28.3 Å². The Balaban J connectivity index is 0.00000576. The fourth-order valence-electron chi connectivity index (χ4n) is 8.56.